The maximum atomic E-state index is 2.54. The Morgan fingerprint density at radius 2 is 2.07 bits per heavy atom. The molecule has 2 atom stereocenters. The summed E-state index contributed by atoms with van der Waals surface area (Å²) in [5, 5.41) is 0. The molecule has 0 N–H and O–H groups in total. The molecule has 0 aromatic rings. The first kappa shape index (κ1) is 9.45. The minimum absolute atomic E-state index is 0.790. The highest BCUT2D eigenvalue weighted by atomic mass is 14.3. The molecule has 3 aliphatic carbocycles. The van der Waals surface area contributed by atoms with Crippen LogP contribution in [-0.4, -0.2) is 0 Å². The molecule has 1 fully saturated rings. The first-order valence-corrected chi connectivity index (χ1v) is 6.45. The average molecular weight is 200 g/mol. The number of allylic oxidation sites excluding steroid dienone is 6. The van der Waals surface area contributed by atoms with E-state index in [0.717, 1.165) is 11.8 Å². The topological polar surface area (TPSA) is 0 Å². The van der Waals surface area contributed by atoms with E-state index in [1.165, 1.54) is 38.5 Å². The van der Waals surface area contributed by atoms with Crippen molar-refractivity contribution < 1.29 is 0 Å². The Morgan fingerprint density at radius 1 is 1.20 bits per heavy atom. The van der Waals surface area contributed by atoms with Gasteiger partial charge in [-0.2, -0.15) is 0 Å². The lowest BCUT2D eigenvalue weighted by atomic mass is 9.72. The molecular formula is C15H20. The van der Waals surface area contributed by atoms with E-state index >= 15 is 0 Å². The van der Waals surface area contributed by atoms with E-state index in [1.54, 1.807) is 16.7 Å². The molecule has 0 heterocycles. The van der Waals surface area contributed by atoms with Crippen molar-refractivity contribution in [3.63, 3.8) is 0 Å². The van der Waals surface area contributed by atoms with Gasteiger partial charge in [-0.1, -0.05) is 25.2 Å². The summed E-state index contributed by atoms with van der Waals surface area (Å²) in [5.41, 5.74) is 5.11. The van der Waals surface area contributed by atoms with Crippen molar-refractivity contribution in [3.8, 4) is 0 Å². The van der Waals surface area contributed by atoms with Crippen molar-refractivity contribution in [3.05, 3.63) is 34.9 Å². The summed E-state index contributed by atoms with van der Waals surface area (Å²) < 4.78 is 0. The summed E-state index contributed by atoms with van der Waals surface area (Å²) in [5.74, 6) is 1.64. The molecular weight excluding hydrogens is 180 g/mol. The molecule has 0 aromatic heterocycles. The largest absolute Gasteiger partial charge is 0.0814 e. The average Bonchev–Trinajstić information content (AvgIpc) is 2.28. The third kappa shape index (κ3) is 1.60. The van der Waals surface area contributed by atoms with E-state index in [2.05, 4.69) is 25.2 Å². The van der Waals surface area contributed by atoms with E-state index in [9.17, 15) is 0 Å². The van der Waals surface area contributed by atoms with Gasteiger partial charge in [-0.15, -0.1) is 0 Å². The van der Waals surface area contributed by atoms with Crippen LogP contribution in [0.15, 0.2) is 34.9 Å². The minimum Gasteiger partial charge on any atom is -0.0814 e. The smallest absolute Gasteiger partial charge is 0.0119 e. The molecule has 3 rings (SSSR count). The van der Waals surface area contributed by atoms with Gasteiger partial charge in [0.2, 0.25) is 0 Å². The van der Waals surface area contributed by atoms with Crippen LogP contribution < -0.4 is 0 Å². The zero-order valence-corrected chi connectivity index (χ0v) is 9.63. The highest BCUT2D eigenvalue weighted by Crippen LogP contribution is 2.43. The summed E-state index contributed by atoms with van der Waals surface area (Å²) >= 11 is 0. The fraction of sp³-hybridized carbons (Fsp3) is 0.600. The van der Waals surface area contributed by atoms with Gasteiger partial charge >= 0.3 is 0 Å². The third-order valence-corrected chi connectivity index (χ3v) is 4.21. The second kappa shape index (κ2) is 3.66. The van der Waals surface area contributed by atoms with Crippen molar-refractivity contribution in [2.45, 2.75) is 45.4 Å². The molecule has 0 nitrogen and oxygen atoms in total. The highest BCUT2D eigenvalue weighted by molar-refractivity contribution is 5.46. The van der Waals surface area contributed by atoms with Crippen molar-refractivity contribution >= 4 is 0 Å². The SMILES string of the molecule is CC1C=CC2=C3CCCCC3=CCC2C1. The Kier molecular flexibility index (Phi) is 2.31. The maximum absolute atomic E-state index is 2.54. The fourth-order valence-electron chi connectivity index (χ4n) is 3.40. The lowest BCUT2D eigenvalue weighted by Gasteiger charge is -2.33. The van der Waals surface area contributed by atoms with Crippen LogP contribution in [0, 0.1) is 11.8 Å². The normalized spacial score (nSPS) is 34.6. The Labute approximate surface area is 92.8 Å². The Morgan fingerprint density at radius 3 is 3.00 bits per heavy atom. The predicted molar refractivity (Wildman–Crippen MR) is 64.6 cm³/mol. The molecule has 0 aliphatic heterocycles. The summed E-state index contributed by atoms with van der Waals surface area (Å²) in [6, 6.07) is 0. The van der Waals surface area contributed by atoms with Crippen LogP contribution in [0.4, 0.5) is 0 Å². The van der Waals surface area contributed by atoms with E-state index in [0.29, 0.717) is 0 Å². The van der Waals surface area contributed by atoms with Gasteiger partial charge in [-0.3, -0.25) is 0 Å². The van der Waals surface area contributed by atoms with Crippen LogP contribution in [0.1, 0.15) is 45.4 Å². The first-order valence-electron chi connectivity index (χ1n) is 6.45. The molecule has 0 heteroatoms. The quantitative estimate of drug-likeness (QED) is 0.543. The van der Waals surface area contributed by atoms with Crippen LogP contribution in [0.5, 0.6) is 0 Å². The lowest BCUT2D eigenvalue weighted by molar-refractivity contribution is 0.467. The second-order valence-electron chi connectivity index (χ2n) is 5.38. The van der Waals surface area contributed by atoms with Crippen molar-refractivity contribution in [2.24, 2.45) is 11.8 Å². The zero-order chi connectivity index (χ0) is 10.3. The van der Waals surface area contributed by atoms with Crippen molar-refractivity contribution in [1.82, 2.24) is 0 Å². The monoisotopic (exact) mass is 200 g/mol. The fourth-order valence-corrected chi connectivity index (χ4v) is 3.40. The number of rotatable bonds is 0. The molecule has 80 valence electrons. The standard InChI is InChI=1S/C15H20/c1-11-6-9-15-13(10-11)8-7-12-4-2-3-5-14(12)15/h6-7,9,11,13H,2-5,8,10H2,1H3. The molecule has 15 heavy (non-hydrogen) atoms. The number of hydrogen-bond donors (Lipinski definition) is 0. The second-order valence-corrected chi connectivity index (χ2v) is 5.38. The number of hydrogen-bond acceptors (Lipinski definition) is 0. The van der Waals surface area contributed by atoms with Gasteiger partial charge in [-0.05, 0) is 67.1 Å². The van der Waals surface area contributed by atoms with Gasteiger partial charge in [0.1, 0.15) is 0 Å². The summed E-state index contributed by atoms with van der Waals surface area (Å²) in [6.07, 6.45) is 15.6. The molecule has 0 radical (unpaired) electrons. The van der Waals surface area contributed by atoms with Gasteiger partial charge in [0, 0.05) is 0 Å². The van der Waals surface area contributed by atoms with E-state index < -0.39 is 0 Å². The Bertz CT molecular complexity index is 354. The van der Waals surface area contributed by atoms with Crippen LogP contribution in [0.2, 0.25) is 0 Å². The zero-order valence-electron chi connectivity index (χ0n) is 9.63. The first-order chi connectivity index (χ1) is 7.34. The lowest BCUT2D eigenvalue weighted by Crippen LogP contribution is -2.18. The van der Waals surface area contributed by atoms with Crippen molar-refractivity contribution in [2.75, 3.05) is 0 Å². The van der Waals surface area contributed by atoms with Gasteiger partial charge in [-0.25, -0.2) is 0 Å². The van der Waals surface area contributed by atoms with E-state index in [-0.39, 0.29) is 0 Å². The molecule has 0 saturated heterocycles. The molecule has 0 amide bonds. The Hall–Kier alpha value is -0.780. The van der Waals surface area contributed by atoms with Gasteiger partial charge in [0.15, 0.2) is 0 Å². The molecule has 0 spiro atoms. The Balaban J connectivity index is 2.00. The molecule has 3 aliphatic rings. The molecule has 1 saturated carbocycles. The van der Waals surface area contributed by atoms with Gasteiger partial charge in [0.25, 0.3) is 0 Å². The van der Waals surface area contributed by atoms with Gasteiger partial charge in [0.05, 0.1) is 0 Å². The summed E-state index contributed by atoms with van der Waals surface area (Å²) in [6.45, 7) is 2.35. The molecule has 2 unspecified atom stereocenters. The van der Waals surface area contributed by atoms with Crippen LogP contribution in [-0.2, 0) is 0 Å². The molecule has 0 aromatic carbocycles. The minimum atomic E-state index is 0.790. The highest BCUT2D eigenvalue weighted by Gasteiger charge is 2.27. The van der Waals surface area contributed by atoms with Gasteiger partial charge < -0.3 is 0 Å². The summed E-state index contributed by atoms with van der Waals surface area (Å²) in [7, 11) is 0. The van der Waals surface area contributed by atoms with Crippen molar-refractivity contribution in [1.29, 1.82) is 0 Å². The van der Waals surface area contributed by atoms with Crippen LogP contribution in [0.25, 0.3) is 0 Å². The van der Waals surface area contributed by atoms with E-state index in [1.807, 2.05) is 0 Å². The third-order valence-electron chi connectivity index (χ3n) is 4.21. The molecule has 0 bridgehead atoms. The van der Waals surface area contributed by atoms with Crippen LogP contribution >= 0.6 is 0 Å². The maximum Gasteiger partial charge on any atom is -0.0119 e. The summed E-state index contributed by atoms with van der Waals surface area (Å²) in [4.78, 5) is 0. The van der Waals surface area contributed by atoms with E-state index in [4.69, 9.17) is 0 Å². The predicted octanol–water partition coefficient (Wildman–Crippen LogP) is 4.40. The number of fused-ring (bicyclic) bond motifs is 2. The van der Waals surface area contributed by atoms with Crippen LogP contribution in [0.3, 0.4) is 0 Å².